The molecule has 3 N–H and O–H groups in total. The van der Waals surface area contributed by atoms with E-state index >= 15 is 0 Å². The molecule has 0 bridgehead atoms. The minimum Gasteiger partial charge on any atom is -0.387 e. The molecule has 4 heteroatoms. The molecule has 11 heavy (non-hydrogen) atoms. The normalized spacial score (nSPS) is 17.5. The lowest BCUT2D eigenvalue weighted by atomic mass is 9.90. The molecule has 2 nitrogen and oxygen atoms in total. The van der Waals surface area contributed by atoms with Gasteiger partial charge in [-0.2, -0.15) is 0 Å². The summed E-state index contributed by atoms with van der Waals surface area (Å²) >= 11 is 0. The standard InChI is InChI=1S/C7H15F2NO/c1-4(2)5(3-10)6(11)7(8)9/h4-7,11H,3,10H2,1-2H3. The minimum absolute atomic E-state index is 0.0102. The summed E-state index contributed by atoms with van der Waals surface area (Å²) in [5.41, 5.74) is 5.22. The first-order chi connectivity index (χ1) is 5.00. The predicted octanol–water partition coefficient (Wildman–Crippen LogP) is 0.843. The van der Waals surface area contributed by atoms with Crippen LogP contribution in [0.2, 0.25) is 0 Å². The number of alkyl halides is 2. The van der Waals surface area contributed by atoms with E-state index in [2.05, 4.69) is 0 Å². The minimum atomic E-state index is -2.69. The van der Waals surface area contributed by atoms with Crippen LogP contribution in [-0.2, 0) is 0 Å². The molecule has 0 saturated carbocycles. The number of rotatable bonds is 4. The fourth-order valence-corrected chi connectivity index (χ4v) is 0.993. The van der Waals surface area contributed by atoms with E-state index in [9.17, 15) is 8.78 Å². The molecular formula is C7H15F2NO. The fraction of sp³-hybridized carbons (Fsp3) is 1.00. The molecule has 0 aromatic carbocycles. The van der Waals surface area contributed by atoms with Crippen molar-refractivity contribution in [3.8, 4) is 0 Å². The lowest BCUT2D eigenvalue weighted by molar-refractivity contribution is -0.0475. The summed E-state index contributed by atoms with van der Waals surface area (Å²) in [6, 6.07) is 0. The molecule has 0 saturated heterocycles. The molecule has 0 aromatic rings. The highest BCUT2D eigenvalue weighted by molar-refractivity contribution is 4.74. The molecule has 0 heterocycles. The zero-order valence-corrected chi connectivity index (χ0v) is 6.80. The Kier molecular flexibility index (Phi) is 4.52. The van der Waals surface area contributed by atoms with Crippen LogP contribution < -0.4 is 5.73 Å². The summed E-state index contributed by atoms with van der Waals surface area (Å²) in [7, 11) is 0. The first kappa shape index (κ1) is 10.8. The zero-order chi connectivity index (χ0) is 9.02. The Balaban J connectivity index is 4.02. The van der Waals surface area contributed by atoms with Crippen LogP contribution in [0.1, 0.15) is 13.8 Å². The maximum atomic E-state index is 11.9. The maximum Gasteiger partial charge on any atom is 0.264 e. The van der Waals surface area contributed by atoms with Gasteiger partial charge in [0.05, 0.1) is 0 Å². The molecule has 2 atom stereocenters. The van der Waals surface area contributed by atoms with Crippen LogP contribution in [0.15, 0.2) is 0 Å². The average Bonchev–Trinajstić information content (AvgIpc) is 1.88. The highest BCUT2D eigenvalue weighted by Crippen LogP contribution is 2.18. The van der Waals surface area contributed by atoms with Crippen molar-refractivity contribution >= 4 is 0 Å². The van der Waals surface area contributed by atoms with Crippen LogP contribution in [0.3, 0.4) is 0 Å². The number of hydrogen-bond acceptors (Lipinski definition) is 2. The summed E-state index contributed by atoms with van der Waals surface area (Å²) in [4.78, 5) is 0. The fourth-order valence-electron chi connectivity index (χ4n) is 0.993. The van der Waals surface area contributed by atoms with Gasteiger partial charge in [-0.1, -0.05) is 13.8 Å². The van der Waals surface area contributed by atoms with Gasteiger partial charge in [0.25, 0.3) is 6.43 Å². The van der Waals surface area contributed by atoms with E-state index in [4.69, 9.17) is 10.8 Å². The molecule has 0 aromatic heterocycles. The molecule has 0 rings (SSSR count). The molecule has 68 valence electrons. The quantitative estimate of drug-likeness (QED) is 0.651. The van der Waals surface area contributed by atoms with E-state index in [0.29, 0.717) is 0 Å². The van der Waals surface area contributed by atoms with Crippen LogP contribution in [0.25, 0.3) is 0 Å². The number of aliphatic hydroxyl groups excluding tert-OH is 1. The Hall–Kier alpha value is -0.220. The molecule has 2 unspecified atom stereocenters. The summed E-state index contributed by atoms with van der Waals surface area (Å²) in [5, 5.41) is 8.93. The number of halogens is 2. The molecule has 0 aliphatic heterocycles. The molecule has 0 fully saturated rings. The number of hydrogen-bond donors (Lipinski definition) is 2. The van der Waals surface area contributed by atoms with Gasteiger partial charge in [0, 0.05) is 5.92 Å². The second kappa shape index (κ2) is 4.62. The number of aliphatic hydroxyl groups is 1. The third kappa shape index (κ3) is 3.12. The lowest BCUT2D eigenvalue weighted by Crippen LogP contribution is -2.36. The van der Waals surface area contributed by atoms with Gasteiger partial charge < -0.3 is 10.8 Å². The summed E-state index contributed by atoms with van der Waals surface area (Å²) in [5.74, 6) is -0.515. The maximum absolute atomic E-state index is 11.9. The van der Waals surface area contributed by atoms with Crippen LogP contribution in [0.5, 0.6) is 0 Å². The molecule has 0 spiro atoms. The van der Waals surface area contributed by atoms with Gasteiger partial charge in [-0.15, -0.1) is 0 Å². The first-order valence-corrected chi connectivity index (χ1v) is 3.67. The molecule has 0 aliphatic rings. The van der Waals surface area contributed by atoms with E-state index in [1.807, 2.05) is 0 Å². The SMILES string of the molecule is CC(C)C(CN)C(O)C(F)F. The van der Waals surface area contributed by atoms with Gasteiger partial charge in [-0.05, 0) is 12.5 Å². The molecule has 0 amide bonds. The van der Waals surface area contributed by atoms with Gasteiger partial charge in [-0.3, -0.25) is 0 Å². The van der Waals surface area contributed by atoms with Crippen molar-refractivity contribution in [2.24, 2.45) is 17.6 Å². The Labute approximate surface area is 65.4 Å². The van der Waals surface area contributed by atoms with E-state index in [-0.39, 0.29) is 12.5 Å². The Morgan fingerprint density at radius 2 is 1.82 bits per heavy atom. The van der Waals surface area contributed by atoms with Crippen molar-refractivity contribution < 1.29 is 13.9 Å². The van der Waals surface area contributed by atoms with Gasteiger partial charge in [-0.25, -0.2) is 8.78 Å². The van der Waals surface area contributed by atoms with Gasteiger partial charge in [0.15, 0.2) is 0 Å². The van der Waals surface area contributed by atoms with Crippen LogP contribution in [0.4, 0.5) is 8.78 Å². The van der Waals surface area contributed by atoms with Crippen molar-refractivity contribution in [3.05, 3.63) is 0 Å². The van der Waals surface area contributed by atoms with E-state index in [1.165, 1.54) is 0 Å². The molecule has 0 radical (unpaired) electrons. The van der Waals surface area contributed by atoms with Crippen molar-refractivity contribution in [3.63, 3.8) is 0 Å². The van der Waals surface area contributed by atoms with Crippen molar-refractivity contribution in [2.75, 3.05) is 6.54 Å². The van der Waals surface area contributed by atoms with Crippen LogP contribution in [-0.4, -0.2) is 24.2 Å². The van der Waals surface area contributed by atoms with E-state index in [0.717, 1.165) is 0 Å². The van der Waals surface area contributed by atoms with Gasteiger partial charge in [0.2, 0.25) is 0 Å². The Morgan fingerprint density at radius 1 is 1.36 bits per heavy atom. The van der Waals surface area contributed by atoms with Gasteiger partial charge >= 0.3 is 0 Å². The first-order valence-electron chi connectivity index (χ1n) is 3.67. The smallest absolute Gasteiger partial charge is 0.264 e. The topological polar surface area (TPSA) is 46.2 Å². The Bertz CT molecular complexity index is 109. The second-order valence-corrected chi connectivity index (χ2v) is 2.97. The summed E-state index contributed by atoms with van der Waals surface area (Å²) < 4.78 is 23.8. The highest BCUT2D eigenvalue weighted by atomic mass is 19.3. The molecular weight excluding hydrogens is 152 g/mol. The average molecular weight is 167 g/mol. The summed E-state index contributed by atoms with van der Waals surface area (Å²) in [6.07, 6.45) is -4.27. The monoisotopic (exact) mass is 167 g/mol. The molecule has 0 aliphatic carbocycles. The Morgan fingerprint density at radius 3 is 1.91 bits per heavy atom. The number of nitrogens with two attached hydrogens (primary N) is 1. The van der Waals surface area contributed by atoms with E-state index in [1.54, 1.807) is 13.8 Å². The van der Waals surface area contributed by atoms with Gasteiger partial charge in [0.1, 0.15) is 6.10 Å². The third-order valence-corrected chi connectivity index (χ3v) is 1.83. The second-order valence-electron chi connectivity index (χ2n) is 2.97. The zero-order valence-electron chi connectivity index (χ0n) is 6.80. The lowest BCUT2D eigenvalue weighted by Gasteiger charge is -2.23. The largest absolute Gasteiger partial charge is 0.387 e. The highest BCUT2D eigenvalue weighted by Gasteiger charge is 2.28. The predicted molar refractivity (Wildman–Crippen MR) is 39.4 cm³/mol. The van der Waals surface area contributed by atoms with Crippen LogP contribution in [0, 0.1) is 11.8 Å². The third-order valence-electron chi connectivity index (χ3n) is 1.83. The van der Waals surface area contributed by atoms with Crippen molar-refractivity contribution in [1.82, 2.24) is 0 Å². The van der Waals surface area contributed by atoms with Crippen LogP contribution >= 0.6 is 0 Å². The van der Waals surface area contributed by atoms with E-state index < -0.39 is 18.4 Å². The summed E-state index contributed by atoms with van der Waals surface area (Å²) in [6.45, 7) is 3.63. The van der Waals surface area contributed by atoms with Crippen molar-refractivity contribution in [1.29, 1.82) is 0 Å². The van der Waals surface area contributed by atoms with Crippen molar-refractivity contribution in [2.45, 2.75) is 26.4 Å².